The fourth-order valence-corrected chi connectivity index (χ4v) is 1.57. The molecule has 0 spiro atoms. The van der Waals surface area contributed by atoms with E-state index in [0.717, 1.165) is 13.0 Å². The average Bonchev–Trinajstić information content (AvgIpc) is 2.30. The predicted molar refractivity (Wildman–Crippen MR) is 66.8 cm³/mol. The molecule has 16 heavy (non-hydrogen) atoms. The standard InChI is InChI=1S/C12H14BrFN2/c1-3-8(2)7-16-11-5-4-10(13)12(14)9(11)6-15/h4-5,8,16H,3,7H2,1-2H3. The Bertz CT molecular complexity index is 412. The van der Waals surface area contributed by atoms with E-state index in [9.17, 15) is 4.39 Å². The summed E-state index contributed by atoms with van der Waals surface area (Å²) in [6, 6.07) is 5.20. The Hall–Kier alpha value is -1.08. The molecular weight excluding hydrogens is 271 g/mol. The first-order chi connectivity index (χ1) is 7.60. The van der Waals surface area contributed by atoms with E-state index in [-0.39, 0.29) is 5.56 Å². The van der Waals surface area contributed by atoms with Crippen LogP contribution in [0, 0.1) is 23.1 Å². The summed E-state index contributed by atoms with van der Waals surface area (Å²) in [6.45, 7) is 4.94. The summed E-state index contributed by atoms with van der Waals surface area (Å²) in [4.78, 5) is 0. The maximum atomic E-state index is 13.6. The molecule has 1 N–H and O–H groups in total. The highest BCUT2D eigenvalue weighted by molar-refractivity contribution is 9.10. The Morgan fingerprint density at radius 2 is 2.25 bits per heavy atom. The van der Waals surface area contributed by atoms with Crippen molar-refractivity contribution in [1.82, 2.24) is 0 Å². The van der Waals surface area contributed by atoms with E-state index in [1.54, 1.807) is 12.1 Å². The van der Waals surface area contributed by atoms with E-state index in [1.165, 1.54) is 0 Å². The van der Waals surface area contributed by atoms with Crippen LogP contribution in [0.25, 0.3) is 0 Å². The van der Waals surface area contributed by atoms with Crippen LogP contribution >= 0.6 is 15.9 Å². The normalized spacial score (nSPS) is 11.9. The van der Waals surface area contributed by atoms with Crippen LogP contribution in [0.2, 0.25) is 0 Å². The van der Waals surface area contributed by atoms with Gasteiger partial charge in [0.2, 0.25) is 0 Å². The summed E-state index contributed by atoms with van der Waals surface area (Å²) < 4.78 is 13.9. The summed E-state index contributed by atoms with van der Waals surface area (Å²) in [7, 11) is 0. The maximum absolute atomic E-state index is 13.6. The van der Waals surface area contributed by atoms with Crippen molar-refractivity contribution in [2.45, 2.75) is 20.3 Å². The van der Waals surface area contributed by atoms with Gasteiger partial charge in [-0.05, 0) is 34.0 Å². The first-order valence-electron chi connectivity index (χ1n) is 5.22. The second kappa shape index (κ2) is 5.86. The van der Waals surface area contributed by atoms with Crippen molar-refractivity contribution in [2.24, 2.45) is 5.92 Å². The Morgan fingerprint density at radius 1 is 1.56 bits per heavy atom. The van der Waals surface area contributed by atoms with Crippen LogP contribution in [-0.2, 0) is 0 Å². The highest BCUT2D eigenvalue weighted by Gasteiger charge is 2.11. The molecule has 0 saturated carbocycles. The third-order valence-corrected chi connectivity index (χ3v) is 3.16. The lowest BCUT2D eigenvalue weighted by atomic mass is 10.1. The topological polar surface area (TPSA) is 35.8 Å². The molecule has 0 heterocycles. The smallest absolute Gasteiger partial charge is 0.157 e. The van der Waals surface area contributed by atoms with Crippen molar-refractivity contribution in [3.05, 3.63) is 28.0 Å². The highest BCUT2D eigenvalue weighted by Crippen LogP contribution is 2.25. The summed E-state index contributed by atoms with van der Waals surface area (Å²) in [5.74, 6) is -0.00472. The molecule has 0 aliphatic heterocycles. The first kappa shape index (κ1) is 13.0. The second-order valence-electron chi connectivity index (χ2n) is 3.79. The van der Waals surface area contributed by atoms with Crippen LogP contribution in [0.1, 0.15) is 25.8 Å². The first-order valence-corrected chi connectivity index (χ1v) is 6.01. The summed E-state index contributed by atoms with van der Waals surface area (Å²) in [5.41, 5.74) is 0.626. The minimum Gasteiger partial charge on any atom is -0.384 e. The van der Waals surface area contributed by atoms with Crippen molar-refractivity contribution >= 4 is 21.6 Å². The zero-order valence-electron chi connectivity index (χ0n) is 9.35. The Balaban J connectivity index is 2.89. The van der Waals surface area contributed by atoms with Crippen molar-refractivity contribution in [2.75, 3.05) is 11.9 Å². The minimum absolute atomic E-state index is 0.0673. The number of halogens is 2. The predicted octanol–water partition coefficient (Wildman–Crippen LogP) is 3.92. The SMILES string of the molecule is CCC(C)CNc1ccc(Br)c(F)c1C#N. The van der Waals surface area contributed by atoms with E-state index in [1.807, 2.05) is 6.07 Å². The van der Waals surface area contributed by atoms with Gasteiger partial charge in [-0.2, -0.15) is 5.26 Å². The van der Waals surface area contributed by atoms with E-state index in [0.29, 0.717) is 16.1 Å². The molecule has 0 aliphatic rings. The number of nitriles is 1. The number of hydrogen-bond acceptors (Lipinski definition) is 2. The lowest BCUT2D eigenvalue weighted by molar-refractivity contribution is 0.591. The van der Waals surface area contributed by atoms with E-state index < -0.39 is 5.82 Å². The van der Waals surface area contributed by atoms with E-state index in [2.05, 4.69) is 35.1 Å². The lowest BCUT2D eigenvalue weighted by Crippen LogP contribution is -2.11. The van der Waals surface area contributed by atoms with E-state index >= 15 is 0 Å². The minimum atomic E-state index is -0.503. The third-order valence-electron chi connectivity index (χ3n) is 2.54. The molecule has 2 nitrogen and oxygen atoms in total. The molecule has 86 valence electrons. The number of nitrogens with one attached hydrogen (secondary N) is 1. The van der Waals surface area contributed by atoms with Crippen molar-refractivity contribution in [3.63, 3.8) is 0 Å². The molecule has 0 aliphatic carbocycles. The van der Waals surface area contributed by atoms with Crippen LogP contribution in [0.3, 0.4) is 0 Å². The second-order valence-corrected chi connectivity index (χ2v) is 4.64. The van der Waals surface area contributed by atoms with Gasteiger partial charge in [0, 0.05) is 6.54 Å². The van der Waals surface area contributed by atoms with Gasteiger partial charge in [-0.15, -0.1) is 0 Å². The lowest BCUT2D eigenvalue weighted by Gasteiger charge is -2.13. The van der Waals surface area contributed by atoms with Gasteiger partial charge >= 0.3 is 0 Å². The fraction of sp³-hybridized carbons (Fsp3) is 0.417. The van der Waals surface area contributed by atoms with Crippen LogP contribution in [0.5, 0.6) is 0 Å². The van der Waals surface area contributed by atoms with Gasteiger partial charge in [-0.1, -0.05) is 20.3 Å². The Morgan fingerprint density at radius 3 is 2.81 bits per heavy atom. The molecule has 0 bridgehead atoms. The van der Waals surface area contributed by atoms with Gasteiger partial charge in [0.25, 0.3) is 0 Å². The zero-order valence-corrected chi connectivity index (χ0v) is 10.9. The molecule has 1 aromatic carbocycles. The van der Waals surface area contributed by atoms with Gasteiger partial charge in [0.05, 0.1) is 10.2 Å². The number of rotatable bonds is 4. The third kappa shape index (κ3) is 2.96. The molecular formula is C12H14BrFN2. The summed E-state index contributed by atoms with van der Waals surface area (Å²) in [6.07, 6.45) is 1.05. The molecule has 0 radical (unpaired) electrons. The molecule has 1 atom stereocenters. The van der Waals surface area contributed by atoms with Gasteiger partial charge in [0.1, 0.15) is 11.6 Å². The highest BCUT2D eigenvalue weighted by atomic mass is 79.9. The monoisotopic (exact) mass is 284 g/mol. The molecule has 1 aromatic rings. The largest absolute Gasteiger partial charge is 0.384 e. The number of hydrogen-bond donors (Lipinski definition) is 1. The molecule has 0 saturated heterocycles. The van der Waals surface area contributed by atoms with Crippen LogP contribution < -0.4 is 5.32 Å². The molecule has 0 fully saturated rings. The van der Waals surface area contributed by atoms with Crippen LogP contribution in [0.4, 0.5) is 10.1 Å². The van der Waals surface area contributed by atoms with Gasteiger partial charge in [0.15, 0.2) is 5.82 Å². The van der Waals surface area contributed by atoms with Crippen LogP contribution in [-0.4, -0.2) is 6.54 Å². The molecule has 0 amide bonds. The molecule has 1 unspecified atom stereocenters. The molecule has 4 heteroatoms. The Kier molecular flexibility index (Phi) is 4.75. The van der Waals surface area contributed by atoms with Gasteiger partial charge < -0.3 is 5.32 Å². The quantitative estimate of drug-likeness (QED) is 0.910. The number of nitrogens with zero attached hydrogens (tertiary/aromatic N) is 1. The zero-order chi connectivity index (χ0) is 12.1. The average molecular weight is 285 g/mol. The van der Waals surface area contributed by atoms with Crippen molar-refractivity contribution < 1.29 is 4.39 Å². The number of anilines is 1. The van der Waals surface area contributed by atoms with Gasteiger partial charge in [-0.3, -0.25) is 0 Å². The summed E-state index contributed by atoms with van der Waals surface area (Å²) >= 11 is 3.06. The van der Waals surface area contributed by atoms with Gasteiger partial charge in [-0.25, -0.2) is 4.39 Å². The van der Waals surface area contributed by atoms with Crippen molar-refractivity contribution in [3.8, 4) is 6.07 Å². The summed E-state index contributed by atoms with van der Waals surface area (Å²) in [5, 5.41) is 12.0. The molecule has 0 aromatic heterocycles. The maximum Gasteiger partial charge on any atom is 0.157 e. The Labute approximate surface area is 104 Å². The number of benzene rings is 1. The van der Waals surface area contributed by atoms with E-state index in [4.69, 9.17) is 5.26 Å². The van der Waals surface area contributed by atoms with Crippen LogP contribution in [0.15, 0.2) is 16.6 Å². The fourth-order valence-electron chi connectivity index (χ4n) is 1.24. The molecule has 1 rings (SSSR count). The van der Waals surface area contributed by atoms with Crippen molar-refractivity contribution in [1.29, 1.82) is 5.26 Å².